The maximum atomic E-state index is 12.4. The third-order valence-corrected chi connectivity index (χ3v) is 5.51. The average molecular weight is 424 g/mol. The number of rotatable bonds is 7. The molecule has 0 atom stereocenters. The maximum Gasteiger partial charge on any atom is 0.270 e. The van der Waals surface area contributed by atoms with Crippen LogP contribution in [0.4, 0.5) is 5.69 Å². The summed E-state index contributed by atoms with van der Waals surface area (Å²) < 4.78 is 13.0. The lowest BCUT2D eigenvalue weighted by molar-refractivity contribution is -0.384. The van der Waals surface area contributed by atoms with E-state index in [2.05, 4.69) is 10.2 Å². The number of Topliss-reactive ketones (excluding diaryl/α,β-unsaturated/α-hetero) is 1. The van der Waals surface area contributed by atoms with Gasteiger partial charge in [-0.05, 0) is 12.1 Å². The van der Waals surface area contributed by atoms with E-state index < -0.39 is 4.92 Å². The van der Waals surface area contributed by atoms with Gasteiger partial charge in [0, 0.05) is 30.1 Å². The van der Waals surface area contributed by atoms with Crippen LogP contribution in [0.15, 0.2) is 58.1 Å². The third kappa shape index (κ3) is 3.64. The van der Waals surface area contributed by atoms with Gasteiger partial charge in [0.1, 0.15) is 0 Å². The molecule has 152 valence electrons. The van der Waals surface area contributed by atoms with Gasteiger partial charge in [-0.2, -0.15) is 0 Å². The molecule has 0 aliphatic carbocycles. The Balaban J connectivity index is 1.53. The fraction of sp³-hybridized carbons (Fsp3) is 0.150. The Hall–Kier alpha value is -3.66. The van der Waals surface area contributed by atoms with Gasteiger partial charge in [-0.25, -0.2) is 0 Å². The molecule has 4 aromatic rings. The maximum absolute atomic E-state index is 12.4. The summed E-state index contributed by atoms with van der Waals surface area (Å²) in [5.74, 6) is 1.50. The van der Waals surface area contributed by atoms with Crippen LogP contribution in [0.1, 0.15) is 10.4 Å². The molecular weight excluding hydrogens is 408 g/mol. The SMILES string of the molecule is COc1cccc2cc(-c3nnc(SCC(=O)c4cccc([N+](=O)[O-])c4)n3C)oc12. The average Bonchev–Trinajstić information content (AvgIpc) is 3.34. The molecule has 0 bridgehead atoms. The van der Waals surface area contributed by atoms with Gasteiger partial charge in [0.25, 0.3) is 5.69 Å². The van der Waals surface area contributed by atoms with Crippen LogP contribution in [-0.4, -0.2) is 38.3 Å². The first-order chi connectivity index (χ1) is 14.5. The van der Waals surface area contributed by atoms with Gasteiger partial charge in [-0.1, -0.05) is 36.0 Å². The summed E-state index contributed by atoms with van der Waals surface area (Å²) in [6, 6.07) is 13.1. The van der Waals surface area contributed by atoms with Crippen molar-refractivity contribution in [1.82, 2.24) is 14.8 Å². The number of ether oxygens (including phenoxy) is 1. The minimum atomic E-state index is -0.527. The van der Waals surface area contributed by atoms with Crippen molar-refractivity contribution in [2.24, 2.45) is 7.05 Å². The number of nitro groups is 1. The fourth-order valence-corrected chi connectivity index (χ4v) is 3.77. The Morgan fingerprint density at radius 2 is 2.03 bits per heavy atom. The second kappa shape index (κ2) is 7.99. The number of benzene rings is 2. The van der Waals surface area contributed by atoms with E-state index in [4.69, 9.17) is 9.15 Å². The van der Waals surface area contributed by atoms with Gasteiger partial charge in [-0.3, -0.25) is 14.9 Å². The standard InChI is InChI=1S/C20H16N4O5S/c1-23-19(17-10-13-6-4-8-16(28-2)18(13)29-17)21-22-20(23)30-11-15(25)12-5-3-7-14(9-12)24(26)27/h3-10H,11H2,1-2H3. The molecule has 9 nitrogen and oxygen atoms in total. The van der Waals surface area contributed by atoms with Crippen molar-refractivity contribution in [1.29, 1.82) is 0 Å². The summed E-state index contributed by atoms with van der Waals surface area (Å²) in [4.78, 5) is 22.8. The molecule has 2 heterocycles. The number of methoxy groups -OCH3 is 1. The van der Waals surface area contributed by atoms with Crippen LogP contribution in [0.5, 0.6) is 5.75 Å². The van der Waals surface area contributed by atoms with Crippen LogP contribution in [-0.2, 0) is 7.05 Å². The van der Waals surface area contributed by atoms with Crippen LogP contribution in [0.25, 0.3) is 22.6 Å². The summed E-state index contributed by atoms with van der Waals surface area (Å²) in [6.07, 6.45) is 0. The predicted octanol–water partition coefficient (Wildman–Crippen LogP) is 4.12. The van der Waals surface area contributed by atoms with Gasteiger partial charge in [-0.15, -0.1) is 10.2 Å². The number of para-hydroxylation sites is 1. The molecule has 0 amide bonds. The molecule has 30 heavy (non-hydrogen) atoms. The molecule has 0 radical (unpaired) electrons. The first-order valence-electron chi connectivity index (χ1n) is 8.84. The van der Waals surface area contributed by atoms with Crippen LogP contribution < -0.4 is 4.74 Å². The van der Waals surface area contributed by atoms with Crippen LogP contribution >= 0.6 is 11.8 Å². The van der Waals surface area contributed by atoms with E-state index in [1.54, 1.807) is 24.8 Å². The predicted molar refractivity (Wildman–Crippen MR) is 111 cm³/mol. The van der Waals surface area contributed by atoms with E-state index in [0.717, 1.165) is 5.39 Å². The van der Waals surface area contributed by atoms with Crippen molar-refractivity contribution in [2.45, 2.75) is 5.16 Å². The number of carbonyl (C=O) groups is 1. The number of nitro benzene ring substituents is 1. The van der Waals surface area contributed by atoms with Gasteiger partial charge in [0.15, 0.2) is 33.9 Å². The molecule has 0 saturated carbocycles. The highest BCUT2D eigenvalue weighted by Gasteiger charge is 2.18. The largest absolute Gasteiger partial charge is 0.493 e. The molecule has 0 saturated heterocycles. The number of furan rings is 1. The molecule has 0 spiro atoms. The van der Waals surface area contributed by atoms with E-state index in [1.807, 2.05) is 24.3 Å². The van der Waals surface area contributed by atoms with Crippen LogP contribution in [0.3, 0.4) is 0 Å². The number of hydrogen-bond acceptors (Lipinski definition) is 8. The molecule has 0 unspecified atom stereocenters. The molecule has 10 heteroatoms. The first-order valence-corrected chi connectivity index (χ1v) is 9.83. The van der Waals surface area contributed by atoms with E-state index >= 15 is 0 Å². The van der Waals surface area contributed by atoms with Gasteiger partial charge in [0.2, 0.25) is 0 Å². The fourth-order valence-electron chi connectivity index (χ4n) is 2.97. The summed E-state index contributed by atoms with van der Waals surface area (Å²) >= 11 is 1.20. The highest BCUT2D eigenvalue weighted by atomic mass is 32.2. The molecule has 0 aliphatic rings. The van der Waals surface area contributed by atoms with Crippen molar-refractivity contribution in [2.75, 3.05) is 12.9 Å². The van der Waals surface area contributed by atoms with E-state index in [9.17, 15) is 14.9 Å². The molecule has 4 rings (SSSR count). The van der Waals surface area contributed by atoms with Crippen molar-refractivity contribution in [3.05, 3.63) is 64.2 Å². The van der Waals surface area contributed by atoms with Crippen LogP contribution in [0, 0.1) is 10.1 Å². The van der Waals surface area contributed by atoms with Crippen molar-refractivity contribution in [3.8, 4) is 17.3 Å². The van der Waals surface area contributed by atoms with Gasteiger partial charge >= 0.3 is 0 Å². The Kier molecular flexibility index (Phi) is 5.23. The third-order valence-electron chi connectivity index (χ3n) is 4.49. The van der Waals surface area contributed by atoms with Crippen molar-refractivity contribution < 1.29 is 18.9 Å². The Bertz CT molecular complexity index is 1260. The van der Waals surface area contributed by atoms with Crippen molar-refractivity contribution in [3.63, 3.8) is 0 Å². The van der Waals surface area contributed by atoms with Gasteiger partial charge in [0.05, 0.1) is 17.8 Å². The number of ketones is 1. The normalized spacial score (nSPS) is 11.0. The summed E-state index contributed by atoms with van der Waals surface area (Å²) in [6.45, 7) is 0. The number of aromatic nitrogens is 3. The number of carbonyl (C=O) groups excluding carboxylic acids is 1. The highest BCUT2D eigenvalue weighted by Crippen LogP contribution is 2.33. The molecular formula is C20H16N4O5S. The lowest BCUT2D eigenvalue weighted by atomic mass is 10.1. The second-order valence-corrected chi connectivity index (χ2v) is 7.32. The minimum Gasteiger partial charge on any atom is -0.493 e. The Labute approximate surface area is 174 Å². The number of nitrogens with zero attached hydrogens (tertiary/aromatic N) is 4. The summed E-state index contributed by atoms with van der Waals surface area (Å²) in [5, 5.41) is 20.6. The number of fused-ring (bicyclic) bond motifs is 1. The Morgan fingerprint density at radius 1 is 1.23 bits per heavy atom. The minimum absolute atomic E-state index is 0.0705. The lowest BCUT2D eigenvalue weighted by Gasteiger charge is -2.03. The quantitative estimate of drug-likeness (QED) is 0.188. The van der Waals surface area contributed by atoms with E-state index in [-0.39, 0.29) is 22.8 Å². The summed E-state index contributed by atoms with van der Waals surface area (Å²) in [5.41, 5.74) is 0.781. The summed E-state index contributed by atoms with van der Waals surface area (Å²) in [7, 11) is 3.35. The smallest absolute Gasteiger partial charge is 0.270 e. The van der Waals surface area contributed by atoms with Crippen molar-refractivity contribution >= 4 is 34.2 Å². The second-order valence-electron chi connectivity index (χ2n) is 6.37. The molecule has 2 aromatic carbocycles. The molecule has 2 aromatic heterocycles. The van der Waals surface area contributed by atoms with Crippen LogP contribution in [0.2, 0.25) is 0 Å². The van der Waals surface area contributed by atoms with E-state index in [1.165, 1.54) is 30.0 Å². The number of thioether (sulfide) groups is 1. The zero-order valence-electron chi connectivity index (χ0n) is 16.1. The van der Waals surface area contributed by atoms with Gasteiger partial charge < -0.3 is 13.7 Å². The molecule has 0 N–H and O–H groups in total. The first kappa shape index (κ1) is 19.6. The topological polar surface area (TPSA) is 113 Å². The van der Waals surface area contributed by atoms with E-state index in [0.29, 0.717) is 28.1 Å². The lowest BCUT2D eigenvalue weighted by Crippen LogP contribution is -2.04. The molecule has 0 fully saturated rings. The zero-order chi connectivity index (χ0) is 21.3. The highest BCUT2D eigenvalue weighted by molar-refractivity contribution is 7.99. The molecule has 0 aliphatic heterocycles. The number of hydrogen-bond donors (Lipinski definition) is 0. The zero-order valence-corrected chi connectivity index (χ0v) is 16.9. The monoisotopic (exact) mass is 424 g/mol. The Morgan fingerprint density at radius 3 is 2.80 bits per heavy atom. The number of non-ortho nitro benzene ring substituents is 1.